The number of rotatable bonds is 17. The molecule has 0 bridgehead atoms. The summed E-state index contributed by atoms with van der Waals surface area (Å²) in [5.41, 5.74) is 0.604. The van der Waals surface area contributed by atoms with E-state index in [2.05, 4.69) is 101 Å². The fraction of sp³-hybridized carbons (Fsp3) is 0.314. The Balaban J connectivity index is 1.16. The van der Waals surface area contributed by atoms with Gasteiger partial charge in [0, 0.05) is 31.5 Å². The number of aromatic nitrogens is 1. The van der Waals surface area contributed by atoms with Crippen LogP contribution in [-0.2, 0) is 0 Å². The lowest BCUT2D eigenvalue weighted by atomic mass is 10.1. The van der Waals surface area contributed by atoms with E-state index < -0.39 is 7.26 Å². The van der Waals surface area contributed by atoms with Crippen LogP contribution >= 0.6 is 7.26 Å². The number of amides is 1. The molecule has 0 fully saturated rings. The number of carbonyl (C=O) groups is 1. The molecule has 0 radical (unpaired) electrons. The SMILES string of the molecule is O=C(NCCNCCCCCCCCC[P+](c1cc#ccc1)(c1ccccc1)c1ccccc1)c1cccnc1. The number of nitrogens with one attached hydrogen (secondary N) is 2. The van der Waals surface area contributed by atoms with Crippen LogP contribution in [0.2, 0.25) is 0 Å². The molecule has 4 rings (SSSR count). The number of carbonyl (C=O) groups excluding carboxylic acids is 1. The summed E-state index contributed by atoms with van der Waals surface area (Å²) >= 11 is 0. The molecular weight excluding hydrogens is 509 g/mol. The third-order valence-electron chi connectivity index (χ3n) is 7.33. The van der Waals surface area contributed by atoms with Gasteiger partial charge in [-0.15, -0.1) is 0 Å². The Labute approximate surface area is 241 Å². The second-order valence-corrected chi connectivity index (χ2v) is 13.7. The molecule has 0 atom stereocenters. The third-order valence-corrected chi connectivity index (χ3v) is 11.8. The summed E-state index contributed by atoms with van der Waals surface area (Å²) in [4.78, 5) is 16.0. The third kappa shape index (κ3) is 8.49. The first-order chi connectivity index (χ1) is 19.8. The molecule has 0 aliphatic heterocycles. The van der Waals surface area contributed by atoms with Gasteiger partial charge in [-0.25, -0.2) is 0 Å². The number of nitrogens with zero attached hydrogens (tertiary/aromatic N) is 1. The van der Waals surface area contributed by atoms with E-state index in [4.69, 9.17) is 0 Å². The topological polar surface area (TPSA) is 54.0 Å². The summed E-state index contributed by atoms with van der Waals surface area (Å²) in [7, 11) is -1.75. The van der Waals surface area contributed by atoms with Crippen molar-refractivity contribution in [2.24, 2.45) is 0 Å². The molecule has 2 N–H and O–H groups in total. The summed E-state index contributed by atoms with van der Waals surface area (Å²) in [5.74, 6) is -0.0672. The smallest absolute Gasteiger partial charge is 0.252 e. The van der Waals surface area contributed by atoms with Gasteiger partial charge in [0.05, 0.1) is 11.7 Å². The van der Waals surface area contributed by atoms with Crippen molar-refractivity contribution in [1.82, 2.24) is 15.6 Å². The minimum absolute atomic E-state index is 0.0672. The summed E-state index contributed by atoms with van der Waals surface area (Å²) in [6.45, 7) is 2.41. The van der Waals surface area contributed by atoms with Gasteiger partial charge in [-0.1, -0.05) is 74.2 Å². The summed E-state index contributed by atoms with van der Waals surface area (Å²) < 4.78 is 0. The average molecular weight is 551 g/mol. The van der Waals surface area contributed by atoms with Crippen molar-refractivity contribution < 1.29 is 4.79 Å². The maximum Gasteiger partial charge on any atom is 0.252 e. The van der Waals surface area contributed by atoms with Gasteiger partial charge in [0.25, 0.3) is 5.91 Å². The van der Waals surface area contributed by atoms with E-state index in [0.29, 0.717) is 12.1 Å². The minimum Gasteiger partial charge on any atom is -0.351 e. The Hall–Kier alpha value is -3.51. The van der Waals surface area contributed by atoms with Crippen molar-refractivity contribution in [3.8, 4) is 0 Å². The molecule has 1 amide bonds. The van der Waals surface area contributed by atoms with Gasteiger partial charge in [-0.05, 0) is 74.3 Å². The highest BCUT2D eigenvalue weighted by Crippen LogP contribution is 2.55. The van der Waals surface area contributed by atoms with E-state index in [1.165, 1.54) is 67.0 Å². The molecule has 3 aromatic carbocycles. The quantitative estimate of drug-likeness (QED) is 0.131. The van der Waals surface area contributed by atoms with Gasteiger partial charge >= 0.3 is 0 Å². The van der Waals surface area contributed by atoms with Crippen molar-refractivity contribution in [3.05, 3.63) is 121 Å². The molecule has 1 heterocycles. The van der Waals surface area contributed by atoms with Crippen LogP contribution in [0.15, 0.2) is 103 Å². The first kappa shape index (κ1) is 29.5. The molecule has 0 unspecified atom stereocenters. The van der Waals surface area contributed by atoms with Crippen molar-refractivity contribution in [2.45, 2.75) is 44.9 Å². The molecule has 0 aliphatic carbocycles. The van der Waals surface area contributed by atoms with Crippen molar-refractivity contribution in [1.29, 1.82) is 0 Å². The number of unbranched alkanes of at least 4 members (excludes halogenated alkanes) is 6. The standard InChI is InChI=1S/C35H40N3OP/c39-35(31-18-17-26-37-30-31)38-28-27-36-25-15-4-2-1-3-5-16-29-40(32-19-9-6-10-20-32,33-21-11-7-12-22-33)34-23-13-8-14-24-34/h6-7,9-13,17-24,26,30,36H,1-5,15-16,25,27-29H2/p+1. The van der Waals surface area contributed by atoms with E-state index in [0.717, 1.165) is 13.1 Å². The van der Waals surface area contributed by atoms with Gasteiger partial charge in [0.1, 0.15) is 23.2 Å². The Morgan fingerprint density at radius 2 is 1.35 bits per heavy atom. The monoisotopic (exact) mass is 550 g/mol. The lowest BCUT2D eigenvalue weighted by molar-refractivity contribution is 0.0953. The van der Waals surface area contributed by atoms with Crippen LogP contribution in [0.3, 0.4) is 0 Å². The molecule has 0 spiro atoms. The predicted octanol–water partition coefficient (Wildman–Crippen LogP) is 5.73. The van der Waals surface area contributed by atoms with E-state index in [1.54, 1.807) is 24.5 Å². The van der Waals surface area contributed by atoms with Crippen molar-refractivity contribution >= 4 is 29.1 Å². The van der Waals surface area contributed by atoms with Crippen LogP contribution in [0.4, 0.5) is 0 Å². The van der Waals surface area contributed by atoms with E-state index in [-0.39, 0.29) is 5.91 Å². The summed E-state index contributed by atoms with van der Waals surface area (Å²) in [6, 6.07) is 38.6. The zero-order valence-electron chi connectivity index (χ0n) is 23.4. The second kappa shape index (κ2) is 16.6. The maximum atomic E-state index is 12.0. The minimum atomic E-state index is -1.75. The normalized spacial score (nSPS) is 11.1. The molecule has 0 aliphatic rings. The van der Waals surface area contributed by atoms with Crippen LogP contribution in [0.25, 0.3) is 0 Å². The highest BCUT2D eigenvalue weighted by molar-refractivity contribution is 7.95. The van der Waals surface area contributed by atoms with Gasteiger partial charge < -0.3 is 10.6 Å². The van der Waals surface area contributed by atoms with Crippen LogP contribution in [0.5, 0.6) is 0 Å². The van der Waals surface area contributed by atoms with Crippen molar-refractivity contribution in [3.63, 3.8) is 0 Å². The fourth-order valence-corrected chi connectivity index (χ4v) is 9.59. The number of pyridine rings is 1. The molecule has 5 heteroatoms. The second-order valence-electron chi connectivity index (χ2n) is 10.1. The largest absolute Gasteiger partial charge is 0.351 e. The van der Waals surface area contributed by atoms with E-state index >= 15 is 0 Å². The van der Waals surface area contributed by atoms with Crippen LogP contribution < -0.4 is 26.5 Å². The van der Waals surface area contributed by atoms with Gasteiger partial charge in [0.15, 0.2) is 0 Å². The number of benzene rings is 2. The van der Waals surface area contributed by atoms with Crippen LogP contribution in [-0.4, -0.2) is 36.7 Å². The first-order valence-electron chi connectivity index (χ1n) is 14.6. The van der Waals surface area contributed by atoms with E-state index in [9.17, 15) is 4.79 Å². The molecule has 0 saturated carbocycles. The summed E-state index contributed by atoms with van der Waals surface area (Å²) in [5, 5.41) is 10.7. The first-order valence-corrected chi connectivity index (χ1v) is 16.5. The lowest BCUT2D eigenvalue weighted by Crippen LogP contribution is -2.33. The summed E-state index contributed by atoms with van der Waals surface area (Å²) in [6.07, 6.45) is 13.2. The molecule has 4 aromatic rings. The van der Waals surface area contributed by atoms with Gasteiger partial charge in [-0.2, -0.15) is 0 Å². The molecule has 206 valence electrons. The highest BCUT2D eigenvalue weighted by atomic mass is 31.2. The zero-order chi connectivity index (χ0) is 27.7. The van der Waals surface area contributed by atoms with Gasteiger partial charge in [-0.3, -0.25) is 9.78 Å². The Bertz CT molecular complexity index is 1140. The average Bonchev–Trinajstić information content (AvgIpc) is 3.03. The van der Waals surface area contributed by atoms with Crippen LogP contribution in [0, 0.1) is 12.1 Å². The Kier molecular flexibility index (Phi) is 12.2. The maximum absolute atomic E-state index is 12.0. The van der Waals surface area contributed by atoms with Gasteiger partial charge in [0.2, 0.25) is 0 Å². The number of hydrogen-bond donors (Lipinski definition) is 2. The molecular formula is C35H41N3OP+. The highest BCUT2D eigenvalue weighted by Gasteiger charge is 2.44. The predicted molar refractivity (Wildman–Crippen MR) is 169 cm³/mol. The van der Waals surface area contributed by atoms with E-state index in [1.807, 2.05) is 6.07 Å². The fourth-order valence-electron chi connectivity index (χ4n) is 5.25. The van der Waals surface area contributed by atoms with Crippen LogP contribution in [0.1, 0.15) is 55.3 Å². The molecule has 1 aromatic heterocycles. The number of hydrogen-bond acceptors (Lipinski definition) is 3. The molecule has 4 nitrogen and oxygen atoms in total. The Morgan fingerprint density at radius 3 is 1.98 bits per heavy atom. The molecule has 40 heavy (non-hydrogen) atoms. The molecule has 0 saturated heterocycles. The van der Waals surface area contributed by atoms with Crippen molar-refractivity contribution in [2.75, 3.05) is 25.8 Å². The Morgan fingerprint density at radius 1 is 0.675 bits per heavy atom. The zero-order valence-corrected chi connectivity index (χ0v) is 24.3. The lowest BCUT2D eigenvalue weighted by Gasteiger charge is -2.27.